The van der Waals surface area contributed by atoms with Crippen LogP contribution in [0.15, 0.2) is 60.9 Å². The second-order valence-electron chi connectivity index (χ2n) is 10.4. The normalized spacial score (nSPS) is 17.1. The first-order chi connectivity index (χ1) is 21.1. The van der Waals surface area contributed by atoms with E-state index in [0.29, 0.717) is 31.4 Å². The molecule has 0 atom stereocenters. The Bertz CT molecular complexity index is 1590. The lowest BCUT2D eigenvalue weighted by Gasteiger charge is -2.30. The molecule has 12 heteroatoms. The summed E-state index contributed by atoms with van der Waals surface area (Å²) in [6, 6.07) is 7.18. The van der Waals surface area contributed by atoms with Crippen LogP contribution in [0.2, 0.25) is 0 Å². The average molecular weight is 621 g/mol. The van der Waals surface area contributed by atoms with Crippen LogP contribution in [0.5, 0.6) is 5.75 Å². The molecule has 0 saturated carbocycles. The van der Waals surface area contributed by atoms with Crippen molar-refractivity contribution in [1.82, 2.24) is 9.97 Å². The van der Waals surface area contributed by atoms with Crippen LogP contribution >= 0.6 is 0 Å². The summed E-state index contributed by atoms with van der Waals surface area (Å²) in [5.74, 6) is -6.85. The van der Waals surface area contributed by atoms with E-state index in [-0.39, 0.29) is 34.0 Å². The van der Waals surface area contributed by atoms with Gasteiger partial charge in [-0.2, -0.15) is 8.78 Å². The fourth-order valence-electron chi connectivity index (χ4n) is 4.84. The molecule has 0 unspecified atom stereocenters. The van der Waals surface area contributed by atoms with E-state index in [4.69, 9.17) is 9.47 Å². The van der Waals surface area contributed by atoms with Crippen LogP contribution in [0.4, 0.5) is 30.7 Å². The molecule has 1 aromatic heterocycles. The highest BCUT2D eigenvalue weighted by Crippen LogP contribution is 2.38. The quantitative estimate of drug-likeness (QED) is 0.131. The molecule has 0 spiro atoms. The summed E-state index contributed by atoms with van der Waals surface area (Å²) in [5, 5.41) is 0. The molecule has 0 aliphatic carbocycles. The molecule has 1 saturated heterocycles. The Morgan fingerprint density at radius 2 is 1.45 bits per heavy atom. The number of hydrogen-bond donors (Lipinski definition) is 0. The van der Waals surface area contributed by atoms with E-state index in [9.17, 15) is 30.7 Å². The molecular weight excluding hydrogens is 593 g/mol. The zero-order chi connectivity index (χ0) is 31.4. The van der Waals surface area contributed by atoms with Crippen molar-refractivity contribution in [3.63, 3.8) is 0 Å². The Morgan fingerprint density at radius 1 is 0.773 bits per heavy atom. The van der Waals surface area contributed by atoms with Crippen molar-refractivity contribution in [3.05, 3.63) is 101 Å². The lowest BCUT2D eigenvalue weighted by atomic mass is 10.0. The monoisotopic (exact) mass is 620 g/mol. The van der Waals surface area contributed by atoms with Gasteiger partial charge >= 0.3 is 6.11 Å². The Hall–Kier alpha value is -4.03. The molecule has 44 heavy (non-hydrogen) atoms. The molecule has 0 radical (unpaired) electrons. The van der Waals surface area contributed by atoms with Crippen LogP contribution in [0.1, 0.15) is 50.0 Å². The maximum absolute atomic E-state index is 15.0. The molecule has 0 N–H and O–H groups in total. The highest BCUT2D eigenvalue weighted by atomic mass is 19.3. The molecule has 0 amide bonds. The minimum absolute atomic E-state index is 0.0379. The van der Waals surface area contributed by atoms with Crippen molar-refractivity contribution in [2.45, 2.75) is 45.0 Å². The summed E-state index contributed by atoms with van der Waals surface area (Å²) >= 11 is 0. The van der Waals surface area contributed by atoms with Crippen LogP contribution in [0.25, 0.3) is 22.5 Å². The standard InChI is InChI=1S/C32H27F7N2O3/c1-2-3-4-5-18-16-42-31(43-17-18)20-11-27(36)29(28(37)12-20)32(38,39)44-22-7-8-23(25(34)13-22)21-14-40-30(41-15-21)19-6-9-24(33)26(35)10-19/h6-15,18,31H,2-5,16-17H2,1H3. The lowest BCUT2D eigenvalue weighted by molar-refractivity contribution is -0.206. The van der Waals surface area contributed by atoms with Gasteiger partial charge in [0, 0.05) is 46.6 Å². The van der Waals surface area contributed by atoms with Crippen molar-refractivity contribution >= 4 is 0 Å². The van der Waals surface area contributed by atoms with Crippen molar-refractivity contribution in [2.75, 3.05) is 13.2 Å². The van der Waals surface area contributed by atoms with Gasteiger partial charge in [-0.05, 0) is 48.9 Å². The smallest absolute Gasteiger partial charge is 0.429 e. The van der Waals surface area contributed by atoms with Crippen molar-refractivity contribution in [2.24, 2.45) is 5.92 Å². The molecule has 1 aliphatic rings. The lowest BCUT2D eigenvalue weighted by Crippen LogP contribution is -2.28. The number of unbranched alkanes of at least 4 members (excludes halogenated alkanes) is 2. The maximum atomic E-state index is 15.0. The number of alkyl halides is 2. The molecule has 4 aromatic rings. The molecule has 1 aliphatic heterocycles. The second-order valence-corrected chi connectivity index (χ2v) is 10.4. The third-order valence-electron chi connectivity index (χ3n) is 7.14. The van der Waals surface area contributed by atoms with Gasteiger partial charge in [-0.1, -0.05) is 26.2 Å². The fraction of sp³-hybridized carbons (Fsp3) is 0.312. The first-order valence-corrected chi connectivity index (χ1v) is 13.9. The van der Waals surface area contributed by atoms with Gasteiger partial charge in [0.25, 0.3) is 0 Å². The largest absolute Gasteiger partial charge is 0.432 e. The summed E-state index contributed by atoms with van der Waals surface area (Å²) in [5.41, 5.74) is -1.53. The second kappa shape index (κ2) is 13.3. The SMILES string of the molecule is CCCCCC1COC(c2cc(F)c(C(F)(F)Oc3ccc(-c4cnc(-c5ccc(F)c(F)c5)nc4)c(F)c3)c(F)c2)OC1. The zero-order valence-electron chi connectivity index (χ0n) is 23.4. The fourth-order valence-corrected chi connectivity index (χ4v) is 4.84. The van der Waals surface area contributed by atoms with E-state index in [2.05, 4.69) is 21.6 Å². The van der Waals surface area contributed by atoms with Gasteiger partial charge in [-0.25, -0.2) is 31.9 Å². The van der Waals surface area contributed by atoms with E-state index in [1.807, 2.05) is 0 Å². The average Bonchev–Trinajstić information content (AvgIpc) is 2.98. The summed E-state index contributed by atoms with van der Waals surface area (Å²) in [7, 11) is 0. The first-order valence-electron chi connectivity index (χ1n) is 13.9. The number of hydrogen-bond acceptors (Lipinski definition) is 5. The topological polar surface area (TPSA) is 53.5 Å². The van der Waals surface area contributed by atoms with E-state index in [0.717, 1.165) is 49.9 Å². The summed E-state index contributed by atoms with van der Waals surface area (Å²) in [6.07, 6.45) is 0.806. The van der Waals surface area contributed by atoms with Gasteiger partial charge in [-0.3, -0.25) is 0 Å². The highest BCUT2D eigenvalue weighted by molar-refractivity contribution is 5.65. The van der Waals surface area contributed by atoms with E-state index >= 15 is 0 Å². The van der Waals surface area contributed by atoms with Crippen LogP contribution in [0, 0.1) is 35.0 Å². The van der Waals surface area contributed by atoms with Gasteiger partial charge in [0.05, 0.1) is 13.2 Å². The van der Waals surface area contributed by atoms with Crippen LogP contribution in [-0.4, -0.2) is 23.2 Å². The van der Waals surface area contributed by atoms with E-state index in [1.54, 1.807) is 0 Å². The summed E-state index contributed by atoms with van der Waals surface area (Å²) in [4.78, 5) is 8.04. The van der Waals surface area contributed by atoms with Gasteiger partial charge in [0.2, 0.25) is 0 Å². The third kappa shape index (κ3) is 7.02. The number of rotatable bonds is 10. The Kier molecular flexibility index (Phi) is 9.50. The minimum Gasteiger partial charge on any atom is -0.429 e. The Labute approximate surface area is 248 Å². The molecule has 1 fully saturated rings. The maximum Gasteiger partial charge on any atom is 0.432 e. The zero-order valence-corrected chi connectivity index (χ0v) is 23.4. The third-order valence-corrected chi connectivity index (χ3v) is 7.14. The Morgan fingerprint density at radius 3 is 2.07 bits per heavy atom. The molecule has 2 heterocycles. The number of ether oxygens (including phenoxy) is 3. The first kappa shape index (κ1) is 31.4. The van der Waals surface area contributed by atoms with Gasteiger partial charge in [-0.15, -0.1) is 0 Å². The molecular formula is C32H27F7N2O3. The van der Waals surface area contributed by atoms with Crippen LogP contribution < -0.4 is 4.74 Å². The van der Waals surface area contributed by atoms with Crippen molar-refractivity contribution in [1.29, 1.82) is 0 Å². The molecule has 3 aromatic carbocycles. The summed E-state index contributed by atoms with van der Waals surface area (Å²) in [6.45, 7) is 2.70. The van der Waals surface area contributed by atoms with E-state index in [1.165, 1.54) is 18.5 Å². The van der Waals surface area contributed by atoms with Crippen LogP contribution in [0.3, 0.4) is 0 Å². The van der Waals surface area contributed by atoms with Gasteiger partial charge in [0.1, 0.15) is 28.8 Å². The number of aromatic nitrogens is 2. The molecule has 5 nitrogen and oxygen atoms in total. The predicted octanol–water partition coefficient (Wildman–Crippen LogP) is 8.88. The van der Waals surface area contributed by atoms with Gasteiger partial charge < -0.3 is 14.2 Å². The van der Waals surface area contributed by atoms with Crippen LogP contribution in [-0.2, 0) is 15.6 Å². The minimum atomic E-state index is -4.51. The summed E-state index contributed by atoms with van der Waals surface area (Å²) < 4.78 is 117. The van der Waals surface area contributed by atoms with Crippen molar-refractivity contribution < 1.29 is 44.9 Å². The number of halogens is 7. The van der Waals surface area contributed by atoms with Crippen molar-refractivity contribution in [3.8, 4) is 28.3 Å². The van der Waals surface area contributed by atoms with Gasteiger partial charge in [0.15, 0.2) is 23.7 Å². The van der Waals surface area contributed by atoms with E-state index < -0.39 is 52.8 Å². The molecule has 0 bridgehead atoms. The predicted molar refractivity (Wildman–Crippen MR) is 146 cm³/mol. The molecule has 5 rings (SSSR count). The molecule has 232 valence electrons. The number of benzene rings is 3. The number of nitrogens with zero attached hydrogens (tertiary/aromatic N) is 2. The highest BCUT2D eigenvalue weighted by Gasteiger charge is 2.42. The Balaban J connectivity index is 1.27.